The summed E-state index contributed by atoms with van der Waals surface area (Å²) < 4.78 is 5.26. The van der Waals surface area contributed by atoms with E-state index in [1.54, 1.807) is 30.3 Å². The molecule has 0 spiro atoms. The van der Waals surface area contributed by atoms with Crippen LogP contribution in [-0.4, -0.2) is 41.3 Å². The maximum atomic E-state index is 12.8. The third-order valence-corrected chi connectivity index (χ3v) is 4.74. The van der Waals surface area contributed by atoms with Crippen LogP contribution in [0.3, 0.4) is 0 Å². The SMILES string of the molecule is COc1ccccc1NC(=O)N(CCO)Cc1cc2cc(C)cc(C)c2[nH]c1=O. The highest BCUT2D eigenvalue weighted by Gasteiger charge is 2.17. The zero-order chi connectivity index (χ0) is 21.0. The Morgan fingerprint density at radius 2 is 1.97 bits per heavy atom. The molecular weight excluding hydrogens is 370 g/mol. The van der Waals surface area contributed by atoms with Gasteiger partial charge in [0.15, 0.2) is 0 Å². The Labute approximate surface area is 168 Å². The minimum absolute atomic E-state index is 0.0693. The zero-order valence-corrected chi connectivity index (χ0v) is 16.8. The molecular formula is C22H25N3O4. The first kappa shape index (κ1) is 20.4. The second-order valence-corrected chi connectivity index (χ2v) is 6.95. The topological polar surface area (TPSA) is 94.7 Å². The molecule has 2 aromatic carbocycles. The van der Waals surface area contributed by atoms with Crippen molar-refractivity contribution >= 4 is 22.6 Å². The highest BCUT2D eigenvalue weighted by Crippen LogP contribution is 2.24. The van der Waals surface area contributed by atoms with Gasteiger partial charge in [-0.1, -0.05) is 23.8 Å². The van der Waals surface area contributed by atoms with E-state index in [2.05, 4.69) is 10.3 Å². The van der Waals surface area contributed by atoms with E-state index >= 15 is 0 Å². The van der Waals surface area contributed by atoms with Crippen molar-refractivity contribution in [2.24, 2.45) is 0 Å². The van der Waals surface area contributed by atoms with Gasteiger partial charge in [0.25, 0.3) is 5.56 Å². The van der Waals surface area contributed by atoms with Crippen LogP contribution in [0.5, 0.6) is 5.75 Å². The Morgan fingerprint density at radius 1 is 1.21 bits per heavy atom. The Bertz CT molecular complexity index is 1090. The fourth-order valence-electron chi connectivity index (χ4n) is 3.37. The molecule has 7 heteroatoms. The zero-order valence-electron chi connectivity index (χ0n) is 16.8. The molecule has 3 N–H and O–H groups in total. The van der Waals surface area contributed by atoms with E-state index in [1.165, 1.54) is 12.0 Å². The number of methoxy groups -OCH3 is 1. The van der Waals surface area contributed by atoms with Crippen LogP contribution in [0, 0.1) is 13.8 Å². The highest BCUT2D eigenvalue weighted by atomic mass is 16.5. The summed E-state index contributed by atoms with van der Waals surface area (Å²) in [6.45, 7) is 3.88. The van der Waals surface area contributed by atoms with E-state index in [9.17, 15) is 14.7 Å². The first-order valence-electron chi connectivity index (χ1n) is 9.36. The molecule has 0 aliphatic carbocycles. The number of fused-ring (bicyclic) bond motifs is 1. The molecule has 0 fully saturated rings. The van der Waals surface area contributed by atoms with E-state index in [-0.39, 0.29) is 25.3 Å². The quantitative estimate of drug-likeness (QED) is 0.597. The summed E-state index contributed by atoms with van der Waals surface area (Å²) >= 11 is 0. The number of anilines is 1. The molecule has 1 aromatic heterocycles. The molecule has 3 aromatic rings. The maximum absolute atomic E-state index is 12.8. The van der Waals surface area contributed by atoms with Gasteiger partial charge in [-0.15, -0.1) is 0 Å². The van der Waals surface area contributed by atoms with Crippen LogP contribution >= 0.6 is 0 Å². The number of urea groups is 1. The third kappa shape index (κ3) is 4.57. The predicted molar refractivity (Wildman–Crippen MR) is 114 cm³/mol. The van der Waals surface area contributed by atoms with Crippen LogP contribution in [0.2, 0.25) is 0 Å². The van der Waals surface area contributed by atoms with Crippen LogP contribution < -0.4 is 15.6 Å². The van der Waals surface area contributed by atoms with Gasteiger partial charge in [0.2, 0.25) is 0 Å². The molecule has 3 rings (SSSR count). The number of amides is 2. The molecule has 0 saturated heterocycles. The van der Waals surface area contributed by atoms with Crippen molar-refractivity contribution in [1.82, 2.24) is 9.88 Å². The fraction of sp³-hybridized carbons (Fsp3) is 0.273. The molecule has 152 valence electrons. The summed E-state index contributed by atoms with van der Waals surface area (Å²) in [4.78, 5) is 29.7. The van der Waals surface area contributed by atoms with Crippen molar-refractivity contribution in [3.8, 4) is 5.75 Å². The third-order valence-electron chi connectivity index (χ3n) is 4.74. The van der Waals surface area contributed by atoms with Gasteiger partial charge in [0.05, 0.1) is 31.5 Å². The van der Waals surface area contributed by atoms with Gasteiger partial charge in [-0.2, -0.15) is 0 Å². The molecule has 0 radical (unpaired) electrons. The largest absolute Gasteiger partial charge is 0.495 e. The number of aliphatic hydroxyl groups excluding tert-OH is 1. The van der Waals surface area contributed by atoms with Crippen molar-refractivity contribution in [2.75, 3.05) is 25.6 Å². The summed E-state index contributed by atoms with van der Waals surface area (Å²) in [5.41, 5.74) is 3.58. The van der Waals surface area contributed by atoms with E-state index in [1.807, 2.05) is 26.0 Å². The van der Waals surface area contributed by atoms with Crippen molar-refractivity contribution < 1.29 is 14.6 Å². The molecule has 0 aliphatic rings. The Morgan fingerprint density at radius 3 is 2.69 bits per heavy atom. The van der Waals surface area contributed by atoms with Crippen LogP contribution in [-0.2, 0) is 6.54 Å². The predicted octanol–water partition coefficient (Wildman–Crippen LogP) is 3.18. The number of hydrogen-bond acceptors (Lipinski definition) is 4. The number of benzene rings is 2. The number of aliphatic hydroxyl groups is 1. The summed E-state index contributed by atoms with van der Waals surface area (Å²) in [5.74, 6) is 0.527. The number of aromatic amines is 1. The molecule has 29 heavy (non-hydrogen) atoms. The lowest BCUT2D eigenvalue weighted by Gasteiger charge is -2.23. The number of nitrogens with zero attached hydrogens (tertiary/aromatic N) is 1. The van der Waals surface area contributed by atoms with Crippen molar-refractivity contribution in [3.63, 3.8) is 0 Å². The molecule has 0 saturated carbocycles. The number of nitrogens with one attached hydrogen (secondary N) is 2. The number of para-hydroxylation sites is 2. The van der Waals surface area contributed by atoms with Gasteiger partial charge in [-0.05, 0) is 49.1 Å². The van der Waals surface area contributed by atoms with E-state index in [4.69, 9.17) is 4.74 Å². The summed E-state index contributed by atoms with van der Waals surface area (Å²) in [6.07, 6.45) is 0. The number of H-pyrrole nitrogens is 1. The first-order chi connectivity index (χ1) is 13.9. The van der Waals surface area contributed by atoms with Crippen molar-refractivity contribution in [2.45, 2.75) is 20.4 Å². The molecule has 2 amide bonds. The van der Waals surface area contributed by atoms with Crippen LogP contribution in [0.15, 0.2) is 47.3 Å². The normalized spacial score (nSPS) is 10.8. The van der Waals surface area contributed by atoms with Gasteiger partial charge in [-0.3, -0.25) is 4.79 Å². The van der Waals surface area contributed by atoms with Crippen LogP contribution in [0.25, 0.3) is 10.9 Å². The van der Waals surface area contributed by atoms with Crippen molar-refractivity contribution in [1.29, 1.82) is 0 Å². The fourth-order valence-corrected chi connectivity index (χ4v) is 3.37. The van der Waals surface area contributed by atoms with Crippen LogP contribution in [0.4, 0.5) is 10.5 Å². The van der Waals surface area contributed by atoms with Gasteiger partial charge in [0, 0.05) is 12.1 Å². The molecule has 0 unspecified atom stereocenters. The summed E-state index contributed by atoms with van der Waals surface area (Å²) in [5, 5.41) is 13.1. The van der Waals surface area contributed by atoms with Gasteiger partial charge < -0.3 is 25.0 Å². The second kappa shape index (κ2) is 8.79. The molecule has 0 aliphatic heterocycles. The lowest BCUT2D eigenvalue weighted by atomic mass is 10.1. The molecule has 1 heterocycles. The highest BCUT2D eigenvalue weighted by molar-refractivity contribution is 5.91. The molecule has 0 bridgehead atoms. The molecule has 7 nitrogen and oxygen atoms in total. The average molecular weight is 395 g/mol. The van der Waals surface area contributed by atoms with Gasteiger partial charge >= 0.3 is 6.03 Å². The lowest BCUT2D eigenvalue weighted by Crippen LogP contribution is -2.38. The van der Waals surface area contributed by atoms with E-state index in [0.717, 1.165) is 22.0 Å². The standard InChI is InChI=1S/C22H25N3O4/c1-14-10-15(2)20-16(11-14)12-17(21(27)24-20)13-25(8-9-26)22(28)23-18-6-4-5-7-19(18)29-3/h4-7,10-12,26H,8-9,13H2,1-3H3,(H,23,28)(H,24,27). The minimum atomic E-state index is -0.427. The number of pyridine rings is 1. The summed E-state index contributed by atoms with van der Waals surface area (Å²) in [6, 6.07) is 12.4. The Balaban J connectivity index is 1.89. The maximum Gasteiger partial charge on any atom is 0.322 e. The Hall–Kier alpha value is -3.32. The number of carbonyl (C=O) groups is 1. The Kier molecular flexibility index (Phi) is 6.19. The van der Waals surface area contributed by atoms with Crippen LogP contribution in [0.1, 0.15) is 16.7 Å². The number of rotatable bonds is 6. The second-order valence-electron chi connectivity index (χ2n) is 6.95. The molecule has 0 atom stereocenters. The van der Waals surface area contributed by atoms with Gasteiger partial charge in [0.1, 0.15) is 5.75 Å². The number of ether oxygens (including phenoxy) is 1. The number of hydrogen-bond donors (Lipinski definition) is 3. The number of aryl methyl sites for hydroxylation is 2. The summed E-state index contributed by atoms with van der Waals surface area (Å²) in [7, 11) is 1.52. The minimum Gasteiger partial charge on any atom is -0.495 e. The smallest absolute Gasteiger partial charge is 0.322 e. The van der Waals surface area contributed by atoms with E-state index < -0.39 is 6.03 Å². The number of carbonyl (C=O) groups excluding carboxylic acids is 1. The van der Waals surface area contributed by atoms with E-state index in [0.29, 0.717) is 17.0 Å². The average Bonchev–Trinajstić information content (AvgIpc) is 2.69. The monoisotopic (exact) mass is 395 g/mol. The number of aromatic nitrogens is 1. The first-order valence-corrected chi connectivity index (χ1v) is 9.36. The van der Waals surface area contributed by atoms with Gasteiger partial charge in [-0.25, -0.2) is 4.79 Å². The van der Waals surface area contributed by atoms with Crippen molar-refractivity contribution in [3.05, 3.63) is 69.5 Å². The lowest BCUT2D eigenvalue weighted by molar-refractivity contribution is 0.185.